The minimum absolute atomic E-state index is 0.0301. The van der Waals surface area contributed by atoms with Crippen LogP contribution >= 0.6 is 0 Å². The average molecular weight is 158 g/mol. The van der Waals surface area contributed by atoms with Crippen molar-refractivity contribution >= 4 is 5.91 Å². The quantitative estimate of drug-likeness (QED) is 0.566. The molecule has 11 heavy (non-hydrogen) atoms. The lowest BCUT2D eigenvalue weighted by molar-refractivity contribution is -0.123. The first kappa shape index (κ1) is 8.49. The van der Waals surface area contributed by atoms with Crippen LogP contribution in [0.15, 0.2) is 0 Å². The maximum atomic E-state index is 10.8. The monoisotopic (exact) mass is 158 g/mol. The summed E-state index contributed by atoms with van der Waals surface area (Å²) in [6.45, 7) is 1.19. The van der Waals surface area contributed by atoms with Crippen LogP contribution < -0.4 is 11.5 Å². The van der Waals surface area contributed by atoms with E-state index in [-0.39, 0.29) is 17.9 Å². The molecule has 1 heterocycles. The number of ether oxygens (including phenoxy) is 1. The van der Waals surface area contributed by atoms with Gasteiger partial charge in [0.2, 0.25) is 5.91 Å². The molecule has 2 unspecified atom stereocenters. The van der Waals surface area contributed by atoms with E-state index in [1.807, 2.05) is 0 Å². The van der Waals surface area contributed by atoms with Crippen molar-refractivity contribution in [3.8, 4) is 0 Å². The average Bonchev–Trinajstić information content (AvgIpc) is 2.36. The van der Waals surface area contributed by atoms with E-state index < -0.39 is 0 Å². The van der Waals surface area contributed by atoms with Gasteiger partial charge in [-0.2, -0.15) is 0 Å². The maximum absolute atomic E-state index is 10.8. The molecule has 4 heteroatoms. The van der Waals surface area contributed by atoms with Crippen LogP contribution in [0.2, 0.25) is 0 Å². The van der Waals surface area contributed by atoms with E-state index in [1.54, 1.807) is 0 Å². The molecule has 2 atom stereocenters. The number of hydrogen-bond acceptors (Lipinski definition) is 3. The Hall–Kier alpha value is -0.610. The Morgan fingerprint density at radius 3 is 2.91 bits per heavy atom. The van der Waals surface area contributed by atoms with Gasteiger partial charge in [0.05, 0.1) is 12.0 Å². The van der Waals surface area contributed by atoms with E-state index in [2.05, 4.69) is 0 Å². The summed E-state index contributed by atoms with van der Waals surface area (Å²) in [5.41, 5.74) is 10.5. The topological polar surface area (TPSA) is 78.3 Å². The third kappa shape index (κ3) is 1.91. The van der Waals surface area contributed by atoms with Crippen molar-refractivity contribution < 1.29 is 9.53 Å². The Labute approximate surface area is 65.9 Å². The second-order valence-corrected chi connectivity index (χ2v) is 2.78. The summed E-state index contributed by atoms with van der Waals surface area (Å²) in [5, 5.41) is 0. The van der Waals surface area contributed by atoms with E-state index in [0.29, 0.717) is 13.2 Å². The second-order valence-electron chi connectivity index (χ2n) is 2.78. The van der Waals surface area contributed by atoms with Gasteiger partial charge < -0.3 is 16.2 Å². The molecule has 0 radical (unpaired) electrons. The highest BCUT2D eigenvalue weighted by atomic mass is 16.5. The van der Waals surface area contributed by atoms with Crippen LogP contribution in [-0.2, 0) is 9.53 Å². The summed E-state index contributed by atoms with van der Waals surface area (Å²) in [6, 6.07) is 0. The lowest BCUT2D eigenvalue weighted by Crippen LogP contribution is -2.31. The Kier molecular flexibility index (Phi) is 2.84. The fourth-order valence-corrected chi connectivity index (χ4v) is 1.42. The van der Waals surface area contributed by atoms with E-state index in [9.17, 15) is 4.79 Å². The fourth-order valence-electron chi connectivity index (χ4n) is 1.42. The highest BCUT2D eigenvalue weighted by molar-refractivity contribution is 5.77. The number of carbonyl (C=O) groups excluding carboxylic acids is 1. The van der Waals surface area contributed by atoms with Crippen LogP contribution in [0.4, 0.5) is 0 Å². The van der Waals surface area contributed by atoms with Crippen molar-refractivity contribution in [2.45, 2.75) is 18.9 Å². The predicted molar refractivity (Wildman–Crippen MR) is 40.7 cm³/mol. The third-order valence-electron chi connectivity index (χ3n) is 2.03. The minimum atomic E-state index is -0.263. The number of primary amides is 1. The Morgan fingerprint density at radius 2 is 2.36 bits per heavy atom. The van der Waals surface area contributed by atoms with Gasteiger partial charge in [-0.3, -0.25) is 4.79 Å². The van der Waals surface area contributed by atoms with Crippen LogP contribution in [0.3, 0.4) is 0 Å². The molecule has 64 valence electrons. The molecular formula is C7H14N2O2. The molecule has 0 bridgehead atoms. The maximum Gasteiger partial charge on any atom is 0.223 e. The minimum Gasteiger partial charge on any atom is -0.377 e. The first-order valence-electron chi connectivity index (χ1n) is 3.86. The summed E-state index contributed by atoms with van der Waals surface area (Å²) in [4.78, 5) is 10.8. The molecule has 4 N–H and O–H groups in total. The molecule has 1 aliphatic rings. The van der Waals surface area contributed by atoms with Crippen LogP contribution in [0, 0.1) is 5.92 Å². The van der Waals surface area contributed by atoms with Gasteiger partial charge in [-0.1, -0.05) is 0 Å². The molecule has 4 nitrogen and oxygen atoms in total. The van der Waals surface area contributed by atoms with E-state index in [4.69, 9.17) is 16.2 Å². The lowest BCUT2D eigenvalue weighted by Gasteiger charge is -2.13. The van der Waals surface area contributed by atoms with Crippen molar-refractivity contribution in [3.05, 3.63) is 0 Å². The molecule has 1 aliphatic heterocycles. The van der Waals surface area contributed by atoms with E-state index >= 15 is 0 Å². The number of amides is 1. The van der Waals surface area contributed by atoms with E-state index in [1.165, 1.54) is 0 Å². The lowest BCUT2D eigenvalue weighted by atomic mass is 9.99. The Bertz CT molecular complexity index is 149. The molecule has 0 aromatic carbocycles. The molecule has 1 saturated heterocycles. The molecular weight excluding hydrogens is 144 g/mol. The van der Waals surface area contributed by atoms with Crippen molar-refractivity contribution in [2.75, 3.05) is 13.2 Å². The van der Waals surface area contributed by atoms with Crippen molar-refractivity contribution in [2.24, 2.45) is 17.4 Å². The standard InChI is InChI=1S/C7H14N2O2/c8-3-1-6-5(7(9)10)2-4-11-6/h5-6H,1-4,8H2,(H2,9,10). The first-order chi connectivity index (χ1) is 5.25. The summed E-state index contributed by atoms with van der Waals surface area (Å²) >= 11 is 0. The Morgan fingerprint density at radius 1 is 1.64 bits per heavy atom. The van der Waals surface area contributed by atoms with Gasteiger partial charge in [0, 0.05) is 6.61 Å². The number of carbonyl (C=O) groups is 1. The predicted octanol–water partition coefficient (Wildman–Crippen LogP) is -0.774. The van der Waals surface area contributed by atoms with Crippen molar-refractivity contribution in [3.63, 3.8) is 0 Å². The smallest absolute Gasteiger partial charge is 0.223 e. The largest absolute Gasteiger partial charge is 0.377 e. The first-order valence-corrected chi connectivity index (χ1v) is 3.86. The molecule has 1 amide bonds. The van der Waals surface area contributed by atoms with Crippen molar-refractivity contribution in [1.29, 1.82) is 0 Å². The molecule has 0 aromatic rings. The summed E-state index contributed by atoms with van der Waals surface area (Å²) in [5.74, 6) is -0.375. The number of rotatable bonds is 3. The fraction of sp³-hybridized carbons (Fsp3) is 0.857. The van der Waals surface area contributed by atoms with E-state index in [0.717, 1.165) is 12.8 Å². The second kappa shape index (κ2) is 3.69. The molecule has 1 rings (SSSR count). The molecule has 1 fully saturated rings. The zero-order chi connectivity index (χ0) is 8.27. The molecule has 0 saturated carbocycles. The van der Waals surface area contributed by atoms with Crippen LogP contribution in [0.1, 0.15) is 12.8 Å². The highest BCUT2D eigenvalue weighted by Crippen LogP contribution is 2.22. The number of hydrogen-bond donors (Lipinski definition) is 2. The van der Waals surface area contributed by atoms with Gasteiger partial charge in [-0.05, 0) is 19.4 Å². The molecule has 0 spiro atoms. The van der Waals surface area contributed by atoms with Gasteiger partial charge >= 0.3 is 0 Å². The van der Waals surface area contributed by atoms with Gasteiger partial charge in [-0.15, -0.1) is 0 Å². The summed E-state index contributed by atoms with van der Waals surface area (Å²) in [6.07, 6.45) is 1.45. The normalized spacial score (nSPS) is 30.6. The van der Waals surface area contributed by atoms with Crippen LogP contribution in [-0.4, -0.2) is 25.2 Å². The SMILES string of the molecule is NCCC1OCCC1C(N)=O. The van der Waals surface area contributed by atoms with Gasteiger partial charge in [-0.25, -0.2) is 0 Å². The van der Waals surface area contributed by atoms with Gasteiger partial charge in [0.25, 0.3) is 0 Å². The number of nitrogens with two attached hydrogens (primary N) is 2. The molecule has 0 aliphatic carbocycles. The molecule has 0 aromatic heterocycles. The van der Waals surface area contributed by atoms with Crippen LogP contribution in [0.5, 0.6) is 0 Å². The highest BCUT2D eigenvalue weighted by Gasteiger charge is 2.31. The summed E-state index contributed by atoms with van der Waals surface area (Å²) in [7, 11) is 0. The van der Waals surface area contributed by atoms with Gasteiger partial charge in [0.1, 0.15) is 0 Å². The van der Waals surface area contributed by atoms with Crippen molar-refractivity contribution in [1.82, 2.24) is 0 Å². The zero-order valence-electron chi connectivity index (χ0n) is 6.45. The Balaban J connectivity index is 2.44. The van der Waals surface area contributed by atoms with Crippen LogP contribution in [0.25, 0.3) is 0 Å². The third-order valence-corrected chi connectivity index (χ3v) is 2.03. The zero-order valence-corrected chi connectivity index (χ0v) is 6.45. The summed E-state index contributed by atoms with van der Waals surface area (Å²) < 4.78 is 5.29. The van der Waals surface area contributed by atoms with Gasteiger partial charge in [0.15, 0.2) is 0 Å².